The zero-order chi connectivity index (χ0) is 14.5. The molecule has 0 radical (unpaired) electrons. The average molecular weight is 275 g/mol. The molecule has 0 fully saturated rings. The fourth-order valence-electron chi connectivity index (χ4n) is 2.13. The third-order valence-corrected chi connectivity index (χ3v) is 3.00. The third-order valence-electron chi connectivity index (χ3n) is 3.00. The van der Waals surface area contributed by atoms with Crippen molar-refractivity contribution in [3.8, 4) is 5.75 Å². The molecular formula is C13H17N5O2. The summed E-state index contributed by atoms with van der Waals surface area (Å²) < 4.78 is 0. The number of nitrogens with two attached hydrogens (primary N) is 3. The maximum absolute atomic E-state index is 8.69. The molecule has 0 atom stereocenters. The van der Waals surface area contributed by atoms with Gasteiger partial charge in [-0.1, -0.05) is 12.1 Å². The molecule has 0 saturated heterocycles. The molecule has 7 N–H and O–H groups in total. The number of rotatable bonds is 4. The summed E-state index contributed by atoms with van der Waals surface area (Å²) >= 11 is 0. The minimum Gasteiger partial charge on any atom is -0.370 e. The molecule has 0 unspecified atom stereocenters. The van der Waals surface area contributed by atoms with Crippen LogP contribution in [0.15, 0.2) is 34.3 Å². The minimum absolute atomic E-state index is 0.0660. The maximum Gasteiger partial charge on any atom is 0.218 e. The second-order valence-corrected chi connectivity index (χ2v) is 4.37. The van der Waals surface area contributed by atoms with E-state index in [1.54, 1.807) is 12.1 Å². The van der Waals surface area contributed by atoms with E-state index in [1.807, 2.05) is 6.07 Å². The van der Waals surface area contributed by atoms with E-state index >= 15 is 0 Å². The van der Waals surface area contributed by atoms with Gasteiger partial charge < -0.3 is 22.1 Å². The Kier molecular flexibility index (Phi) is 4.21. The van der Waals surface area contributed by atoms with Gasteiger partial charge in [-0.05, 0) is 41.7 Å². The molecule has 0 saturated carbocycles. The molecule has 1 aromatic rings. The van der Waals surface area contributed by atoms with E-state index in [0.29, 0.717) is 18.7 Å². The molecule has 2 rings (SSSR count). The van der Waals surface area contributed by atoms with E-state index in [9.17, 15) is 0 Å². The van der Waals surface area contributed by atoms with Crippen LogP contribution in [0.5, 0.6) is 5.75 Å². The number of guanidine groups is 2. The highest BCUT2D eigenvalue weighted by Crippen LogP contribution is 2.32. The summed E-state index contributed by atoms with van der Waals surface area (Å²) in [5.41, 5.74) is 19.3. The monoisotopic (exact) mass is 275 g/mol. The Morgan fingerprint density at radius 2 is 2.10 bits per heavy atom. The van der Waals surface area contributed by atoms with E-state index in [2.05, 4.69) is 20.9 Å². The summed E-state index contributed by atoms with van der Waals surface area (Å²) in [6.45, 7) is 0.484. The standard InChI is InChI=1S/C13H17N5O2/c14-12(15)18-13(16)17-6-5-9-2-1-8-3-4-10(20-19)7-11(8)9/h2-4,7,19H,1,5-6H2,(H6,14,15,16,17,18). The van der Waals surface area contributed by atoms with Gasteiger partial charge in [0.25, 0.3) is 0 Å². The molecule has 1 aliphatic rings. The van der Waals surface area contributed by atoms with Crippen molar-refractivity contribution in [3.05, 3.63) is 35.4 Å². The number of aliphatic imine (C=N–C) groups is 2. The van der Waals surface area contributed by atoms with Gasteiger partial charge in [0.15, 0.2) is 11.7 Å². The van der Waals surface area contributed by atoms with Crippen LogP contribution in [0.1, 0.15) is 17.5 Å². The number of benzene rings is 1. The first kappa shape index (κ1) is 13.9. The van der Waals surface area contributed by atoms with Crippen molar-refractivity contribution in [2.75, 3.05) is 6.54 Å². The molecule has 1 aromatic carbocycles. The van der Waals surface area contributed by atoms with Gasteiger partial charge >= 0.3 is 0 Å². The summed E-state index contributed by atoms with van der Waals surface area (Å²) in [5, 5.41) is 8.69. The molecule has 0 heterocycles. The number of allylic oxidation sites excluding steroid dienone is 1. The quantitative estimate of drug-likeness (QED) is 0.274. The van der Waals surface area contributed by atoms with Crippen LogP contribution in [0.25, 0.3) is 5.57 Å². The molecule has 0 bridgehead atoms. The van der Waals surface area contributed by atoms with Crippen molar-refractivity contribution in [1.29, 1.82) is 0 Å². The summed E-state index contributed by atoms with van der Waals surface area (Å²) in [6, 6.07) is 5.46. The van der Waals surface area contributed by atoms with Crippen molar-refractivity contribution < 1.29 is 10.1 Å². The molecule has 0 aromatic heterocycles. The molecule has 7 heteroatoms. The molecule has 7 nitrogen and oxygen atoms in total. The van der Waals surface area contributed by atoms with E-state index in [0.717, 1.165) is 17.6 Å². The van der Waals surface area contributed by atoms with Crippen LogP contribution in [0, 0.1) is 0 Å². The van der Waals surface area contributed by atoms with Crippen molar-refractivity contribution in [2.45, 2.75) is 12.8 Å². The fraction of sp³-hybridized carbons (Fsp3) is 0.231. The SMILES string of the molecule is NC(N)=NC(N)=NCCC1=CCc2ccc(OO)cc21. The highest BCUT2D eigenvalue weighted by atomic mass is 17.1. The summed E-state index contributed by atoms with van der Waals surface area (Å²) in [5.74, 6) is 0.373. The fourth-order valence-corrected chi connectivity index (χ4v) is 2.13. The van der Waals surface area contributed by atoms with Crippen LogP contribution in [0.2, 0.25) is 0 Å². The highest BCUT2D eigenvalue weighted by molar-refractivity contribution is 5.92. The minimum atomic E-state index is -0.110. The first-order valence-electron chi connectivity index (χ1n) is 6.13. The smallest absolute Gasteiger partial charge is 0.218 e. The first-order valence-corrected chi connectivity index (χ1v) is 6.13. The van der Waals surface area contributed by atoms with Crippen LogP contribution in [-0.4, -0.2) is 23.7 Å². The van der Waals surface area contributed by atoms with Gasteiger partial charge in [0.05, 0.1) is 0 Å². The lowest BCUT2D eigenvalue weighted by Gasteiger charge is -2.06. The topological polar surface area (TPSA) is 132 Å². The van der Waals surface area contributed by atoms with E-state index in [-0.39, 0.29) is 11.9 Å². The Bertz CT molecular complexity index is 588. The Morgan fingerprint density at radius 3 is 2.80 bits per heavy atom. The van der Waals surface area contributed by atoms with Gasteiger partial charge in [-0.3, -0.25) is 4.99 Å². The molecule has 0 amide bonds. The Hall–Kier alpha value is -2.54. The number of nitrogens with zero attached hydrogens (tertiary/aromatic N) is 2. The average Bonchev–Trinajstić information content (AvgIpc) is 2.80. The molecule has 1 aliphatic carbocycles. The van der Waals surface area contributed by atoms with Crippen LogP contribution in [0.3, 0.4) is 0 Å². The van der Waals surface area contributed by atoms with Crippen LogP contribution in [0.4, 0.5) is 0 Å². The molecule has 0 spiro atoms. The normalized spacial score (nSPS) is 13.7. The van der Waals surface area contributed by atoms with Crippen molar-refractivity contribution in [1.82, 2.24) is 0 Å². The van der Waals surface area contributed by atoms with E-state index in [1.165, 1.54) is 5.56 Å². The van der Waals surface area contributed by atoms with Crippen LogP contribution >= 0.6 is 0 Å². The van der Waals surface area contributed by atoms with Crippen molar-refractivity contribution >= 4 is 17.5 Å². The second kappa shape index (κ2) is 6.07. The predicted molar refractivity (Wildman–Crippen MR) is 78.3 cm³/mol. The predicted octanol–water partition coefficient (Wildman–Crippen LogP) is 0.456. The lowest BCUT2D eigenvalue weighted by molar-refractivity contribution is -0.137. The Balaban J connectivity index is 2.02. The lowest BCUT2D eigenvalue weighted by atomic mass is 10.0. The largest absolute Gasteiger partial charge is 0.370 e. The van der Waals surface area contributed by atoms with Crippen LogP contribution < -0.4 is 22.1 Å². The van der Waals surface area contributed by atoms with Gasteiger partial charge in [-0.15, -0.1) is 0 Å². The van der Waals surface area contributed by atoms with Crippen LogP contribution in [-0.2, 0) is 6.42 Å². The maximum atomic E-state index is 8.69. The van der Waals surface area contributed by atoms with Crippen molar-refractivity contribution in [2.24, 2.45) is 27.2 Å². The number of fused-ring (bicyclic) bond motifs is 1. The van der Waals surface area contributed by atoms with Gasteiger partial charge in [0, 0.05) is 6.54 Å². The van der Waals surface area contributed by atoms with Crippen molar-refractivity contribution in [3.63, 3.8) is 0 Å². The first-order chi connectivity index (χ1) is 9.60. The number of hydrogen-bond donors (Lipinski definition) is 4. The molecule has 20 heavy (non-hydrogen) atoms. The number of hydrogen-bond acceptors (Lipinski definition) is 3. The van der Waals surface area contributed by atoms with E-state index < -0.39 is 0 Å². The van der Waals surface area contributed by atoms with Gasteiger partial charge in [0.2, 0.25) is 5.96 Å². The zero-order valence-electron chi connectivity index (χ0n) is 10.9. The Morgan fingerprint density at radius 1 is 1.30 bits per heavy atom. The lowest BCUT2D eigenvalue weighted by Crippen LogP contribution is -2.26. The second-order valence-electron chi connectivity index (χ2n) is 4.37. The summed E-state index contributed by atoms with van der Waals surface area (Å²) in [4.78, 5) is 12.0. The molecule has 106 valence electrons. The summed E-state index contributed by atoms with van der Waals surface area (Å²) in [6.07, 6.45) is 3.70. The zero-order valence-corrected chi connectivity index (χ0v) is 10.9. The van der Waals surface area contributed by atoms with Gasteiger partial charge in [-0.2, -0.15) is 4.99 Å². The van der Waals surface area contributed by atoms with Gasteiger partial charge in [-0.25, -0.2) is 5.26 Å². The molecular weight excluding hydrogens is 258 g/mol. The highest BCUT2D eigenvalue weighted by Gasteiger charge is 2.14. The molecule has 0 aliphatic heterocycles. The Labute approximate surface area is 116 Å². The van der Waals surface area contributed by atoms with Gasteiger partial charge in [0.1, 0.15) is 0 Å². The third kappa shape index (κ3) is 3.27. The summed E-state index contributed by atoms with van der Waals surface area (Å²) in [7, 11) is 0. The van der Waals surface area contributed by atoms with E-state index in [4.69, 9.17) is 22.5 Å².